The summed E-state index contributed by atoms with van der Waals surface area (Å²) in [6.07, 6.45) is -4.67. The molecule has 0 unspecified atom stereocenters. The molecule has 1 aliphatic heterocycles. The molecule has 23 heavy (non-hydrogen) atoms. The lowest BCUT2D eigenvalue weighted by Gasteiger charge is -2.42. The number of benzene rings is 1. The highest BCUT2D eigenvalue weighted by Gasteiger charge is 2.46. The molecule has 0 spiro atoms. The Labute approximate surface area is 134 Å². The van der Waals surface area contributed by atoms with Gasteiger partial charge in [-0.25, -0.2) is 0 Å². The fourth-order valence-corrected chi connectivity index (χ4v) is 2.67. The standard InChI is InChI=1S/C16H23NO6/c1-8-5-4-6-9(2)15(8)23-16-12(17-10(3)19)14(21)13(20)11(7-18)22-16/h4-6,11-14,16,18,20-21H,7H2,1-3H3,(H,17,19)/t11-,12+,13+,14-,16+/m1/s1. The fourth-order valence-electron chi connectivity index (χ4n) is 2.67. The number of rotatable bonds is 4. The number of nitrogens with one attached hydrogen (secondary N) is 1. The zero-order valence-corrected chi connectivity index (χ0v) is 13.4. The Bertz CT molecular complexity index is 543. The van der Waals surface area contributed by atoms with Crippen LogP contribution in [0, 0.1) is 13.8 Å². The quantitative estimate of drug-likeness (QED) is 0.601. The Morgan fingerprint density at radius 3 is 2.39 bits per heavy atom. The van der Waals surface area contributed by atoms with E-state index in [4.69, 9.17) is 9.47 Å². The normalized spacial score (nSPS) is 30.8. The molecule has 0 aromatic heterocycles. The Morgan fingerprint density at radius 1 is 1.26 bits per heavy atom. The zero-order valence-electron chi connectivity index (χ0n) is 13.4. The van der Waals surface area contributed by atoms with Gasteiger partial charge in [-0.2, -0.15) is 0 Å². The second-order valence-corrected chi connectivity index (χ2v) is 5.77. The highest BCUT2D eigenvalue weighted by atomic mass is 16.7. The van der Waals surface area contributed by atoms with Crippen LogP contribution in [0.1, 0.15) is 18.1 Å². The number of hydrogen-bond donors (Lipinski definition) is 4. The van der Waals surface area contributed by atoms with E-state index in [2.05, 4.69) is 5.32 Å². The topological polar surface area (TPSA) is 108 Å². The Hall–Kier alpha value is -1.67. The first kappa shape index (κ1) is 17.7. The second-order valence-electron chi connectivity index (χ2n) is 5.77. The van der Waals surface area contributed by atoms with Crippen molar-refractivity contribution in [3.8, 4) is 5.75 Å². The average Bonchev–Trinajstić information content (AvgIpc) is 2.49. The van der Waals surface area contributed by atoms with E-state index in [1.54, 1.807) is 0 Å². The molecule has 7 nitrogen and oxygen atoms in total. The van der Waals surface area contributed by atoms with Crippen molar-refractivity contribution in [1.82, 2.24) is 5.32 Å². The molecule has 7 heteroatoms. The number of hydrogen-bond acceptors (Lipinski definition) is 6. The van der Waals surface area contributed by atoms with Gasteiger partial charge in [0.25, 0.3) is 0 Å². The van der Waals surface area contributed by atoms with Crippen molar-refractivity contribution in [2.24, 2.45) is 0 Å². The van der Waals surface area contributed by atoms with Crippen LogP contribution in [0.3, 0.4) is 0 Å². The van der Waals surface area contributed by atoms with Crippen molar-refractivity contribution >= 4 is 5.91 Å². The number of carbonyl (C=O) groups excluding carboxylic acids is 1. The van der Waals surface area contributed by atoms with Crippen LogP contribution < -0.4 is 10.1 Å². The maximum atomic E-state index is 11.4. The largest absolute Gasteiger partial charge is 0.462 e. The van der Waals surface area contributed by atoms with E-state index < -0.39 is 37.3 Å². The van der Waals surface area contributed by atoms with Gasteiger partial charge in [-0.3, -0.25) is 4.79 Å². The summed E-state index contributed by atoms with van der Waals surface area (Å²) in [5, 5.41) is 32.0. The molecule has 0 aliphatic carbocycles. The Balaban J connectivity index is 2.29. The third-order valence-corrected chi connectivity index (χ3v) is 3.89. The minimum absolute atomic E-state index is 0.387. The summed E-state index contributed by atoms with van der Waals surface area (Å²) in [6.45, 7) is 4.56. The Kier molecular flexibility index (Phi) is 5.59. The lowest BCUT2D eigenvalue weighted by molar-refractivity contribution is -0.244. The van der Waals surface area contributed by atoms with Gasteiger partial charge in [0.1, 0.15) is 30.1 Å². The summed E-state index contributed by atoms with van der Waals surface area (Å²) in [4.78, 5) is 11.4. The summed E-state index contributed by atoms with van der Waals surface area (Å²) in [5.74, 6) is 0.190. The van der Waals surface area contributed by atoms with Crippen molar-refractivity contribution < 1.29 is 29.6 Å². The minimum Gasteiger partial charge on any atom is -0.462 e. The maximum absolute atomic E-state index is 11.4. The number of aliphatic hydroxyl groups is 3. The molecule has 1 heterocycles. The molecule has 0 bridgehead atoms. The van der Waals surface area contributed by atoms with Gasteiger partial charge in [-0.05, 0) is 25.0 Å². The molecule has 1 fully saturated rings. The molecule has 1 aromatic rings. The highest BCUT2D eigenvalue weighted by molar-refractivity contribution is 5.73. The molecular formula is C16H23NO6. The molecule has 0 radical (unpaired) electrons. The second kappa shape index (κ2) is 7.27. The molecule has 1 aromatic carbocycles. The molecule has 2 rings (SSSR count). The molecule has 5 atom stereocenters. The van der Waals surface area contributed by atoms with E-state index in [0.717, 1.165) is 11.1 Å². The van der Waals surface area contributed by atoms with Crippen LogP contribution in [0.5, 0.6) is 5.75 Å². The van der Waals surface area contributed by atoms with Crippen molar-refractivity contribution in [3.63, 3.8) is 0 Å². The minimum atomic E-state index is -1.32. The number of amides is 1. The average molecular weight is 325 g/mol. The lowest BCUT2D eigenvalue weighted by atomic mass is 9.97. The number of aliphatic hydroxyl groups excluding tert-OH is 3. The van der Waals surface area contributed by atoms with Crippen LogP contribution in [0.2, 0.25) is 0 Å². The van der Waals surface area contributed by atoms with Crippen LogP contribution in [0.25, 0.3) is 0 Å². The van der Waals surface area contributed by atoms with Crippen LogP contribution in [0.15, 0.2) is 18.2 Å². The first-order valence-electron chi connectivity index (χ1n) is 7.47. The van der Waals surface area contributed by atoms with Gasteiger partial charge < -0.3 is 30.1 Å². The zero-order chi connectivity index (χ0) is 17.1. The van der Waals surface area contributed by atoms with E-state index in [1.807, 2.05) is 32.0 Å². The molecule has 1 aliphatic rings. The van der Waals surface area contributed by atoms with Crippen molar-refractivity contribution in [2.75, 3.05) is 6.61 Å². The number of para-hydroxylation sites is 1. The van der Waals surface area contributed by atoms with Gasteiger partial charge >= 0.3 is 0 Å². The first-order chi connectivity index (χ1) is 10.8. The van der Waals surface area contributed by atoms with Gasteiger partial charge in [0.2, 0.25) is 12.2 Å². The maximum Gasteiger partial charge on any atom is 0.223 e. The summed E-state index contributed by atoms with van der Waals surface area (Å²) >= 11 is 0. The van der Waals surface area contributed by atoms with Crippen molar-refractivity contribution in [2.45, 2.75) is 51.4 Å². The molecule has 0 saturated carbocycles. The highest BCUT2D eigenvalue weighted by Crippen LogP contribution is 2.28. The van der Waals surface area contributed by atoms with Gasteiger partial charge in [-0.15, -0.1) is 0 Å². The van der Waals surface area contributed by atoms with Crippen LogP contribution in [-0.4, -0.2) is 58.5 Å². The van der Waals surface area contributed by atoms with E-state index in [9.17, 15) is 20.1 Å². The summed E-state index contributed by atoms with van der Waals surface area (Å²) in [5.41, 5.74) is 1.74. The predicted octanol–water partition coefficient (Wildman–Crippen LogP) is -0.374. The SMILES string of the molecule is CC(=O)N[C@@H]1[C@H](Oc2c(C)cccc2C)O[C@H](CO)[C@H](O)[C@@H]1O. The molecule has 1 saturated heterocycles. The smallest absolute Gasteiger partial charge is 0.223 e. The fraction of sp³-hybridized carbons (Fsp3) is 0.562. The van der Waals surface area contributed by atoms with Crippen LogP contribution in [-0.2, 0) is 9.53 Å². The number of carbonyl (C=O) groups is 1. The predicted molar refractivity (Wildman–Crippen MR) is 81.9 cm³/mol. The molecule has 128 valence electrons. The van der Waals surface area contributed by atoms with Crippen molar-refractivity contribution in [3.05, 3.63) is 29.3 Å². The monoisotopic (exact) mass is 325 g/mol. The number of ether oxygens (including phenoxy) is 2. The van der Waals surface area contributed by atoms with Crippen LogP contribution >= 0.6 is 0 Å². The molecule has 4 N–H and O–H groups in total. The Morgan fingerprint density at radius 2 is 1.87 bits per heavy atom. The van der Waals surface area contributed by atoms with Gasteiger partial charge in [0.05, 0.1) is 6.61 Å². The van der Waals surface area contributed by atoms with E-state index in [-0.39, 0.29) is 5.91 Å². The lowest BCUT2D eigenvalue weighted by Crippen LogP contribution is -2.65. The number of aryl methyl sites for hydroxylation is 2. The molecular weight excluding hydrogens is 302 g/mol. The summed E-state index contributed by atoms with van der Waals surface area (Å²) < 4.78 is 11.4. The third kappa shape index (κ3) is 3.81. The first-order valence-corrected chi connectivity index (χ1v) is 7.47. The molecule has 1 amide bonds. The van der Waals surface area contributed by atoms with E-state index in [0.29, 0.717) is 5.75 Å². The van der Waals surface area contributed by atoms with Crippen LogP contribution in [0.4, 0.5) is 0 Å². The van der Waals surface area contributed by atoms with Gasteiger partial charge in [0, 0.05) is 6.92 Å². The van der Waals surface area contributed by atoms with E-state index in [1.165, 1.54) is 6.92 Å². The third-order valence-electron chi connectivity index (χ3n) is 3.89. The van der Waals surface area contributed by atoms with Gasteiger partial charge in [-0.1, -0.05) is 18.2 Å². The summed E-state index contributed by atoms with van der Waals surface area (Å²) in [6, 6.07) is 4.67. The van der Waals surface area contributed by atoms with Gasteiger partial charge in [0.15, 0.2) is 0 Å². The summed E-state index contributed by atoms with van der Waals surface area (Å²) in [7, 11) is 0. The van der Waals surface area contributed by atoms with Crippen molar-refractivity contribution in [1.29, 1.82) is 0 Å². The van der Waals surface area contributed by atoms with E-state index >= 15 is 0 Å².